The standard InChI is InChI=1S/C29H26ClF2N3O4/c1-2-24(36)33-14-12-18(13-15-33)17-6-8-20(9-7-17)35-27-23(11-10-22(30)26(27)32)34(29(35)39)16-19-4-3-5-21(25(19)31)28(37)38/h3-11,18H,2,12-16H2,1H3,(H,37,38). The Morgan fingerprint density at radius 1 is 1.00 bits per heavy atom. The fourth-order valence-corrected chi connectivity index (χ4v) is 5.44. The molecular formula is C29H26ClF2N3O4. The molecule has 0 bridgehead atoms. The lowest BCUT2D eigenvalue weighted by Crippen LogP contribution is -2.37. The first-order valence-electron chi connectivity index (χ1n) is 12.7. The van der Waals surface area contributed by atoms with Crippen molar-refractivity contribution in [1.29, 1.82) is 0 Å². The summed E-state index contributed by atoms with van der Waals surface area (Å²) in [5.41, 5.74) is 0.455. The third-order valence-electron chi connectivity index (χ3n) is 7.39. The highest BCUT2D eigenvalue weighted by Gasteiger charge is 2.25. The van der Waals surface area contributed by atoms with Crippen LogP contribution in [0.1, 0.15) is 53.6 Å². The van der Waals surface area contributed by atoms with E-state index < -0.39 is 28.9 Å². The van der Waals surface area contributed by atoms with Gasteiger partial charge in [0, 0.05) is 25.1 Å². The molecule has 39 heavy (non-hydrogen) atoms. The molecule has 10 heteroatoms. The van der Waals surface area contributed by atoms with Crippen molar-refractivity contribution in [1.82, 2.24) is 14.0 Å². The molecule has 2 heterocycles. The normalized spacial score (nSPS) is 14.2. The smallest absolute Gasteiger partial charge is 0.338 e. The number of benzene rings is 3. The van der Waals surface area contributed by atoms with Crippen molar-refractivity contribution in [2.45, 2.75) is 38.6 Å². The van der Waals surface area contributed by atoms with E-state index in [1.807, 2.05) is 24.0 Å². The Kier molecular flexibility index (Phi) is 7.27. The van der Waals surface area contributed by atoms with Crippen molar-refractivity contribution < 1.29 is 23.5 Å². The number of fused-ring (bicyclic) bond motifs is 1. The van der Waals surface area contributed by atoms with Crippen LogP contribution in [-0.2, 0) is 11.3 Å². The number of likely N-dealkylation sites (tertiary alicyclic amines) is 1. The number of imidazole rings is 1. The molecule has 1 saturated heterocycles. The molecule has 5 rings (SSSR count). The van der Waals surface area contributed by atoms with Crippen molar-refractivity contribution in [3.05, 3.63) is 98.4 Å². The maximum Gasteiger partial charge on any atom is 0.338 e. The summed E-state index contributed by atoms with van der Waals surface area (Å²) in [5, 5.41) is 9.10. The average molecular weight is 554 g/mol. The van der Waals surface area contributed by atoms with Crippen LogP contribution in [0.2, 0.25) is 5.02 Å². The largest absolute Gasteiger partial charge is 0.478 e. The molecule has 1 N–H and O–H groups in total. The maximum atomic E-state index is 15.3. The zero-order chi connectivity index (χ0) is 27.8. The van der Waals surface area contributed by atoms with Gasteiger partial charge in [-0.2, -0.15) is 0 Å². The van der Waals surface area contributed by atoms with Crippen LogP contribution in [0.15, 0.2) is 59.4 Å². The van der Waals surface area contributed by atoms with Gasteiger partial charge in [0.2, 0.25) is 5.91 Å². The molecule has 0 saturated carbocycles. The molecule has 202 valence electrons. The first-order chi connectivity index (χ1) is 18.7. The topological polar surface area (TPSA) is 84.5 Å². The molecule has 0 radical (unpaired) electrons. The number of aromatic carboxylic acids is 1. The number of hydrogen-bond acceptors (Lipinski definition) is 3. The van der Waals surface area contributed by atoms with Crippen molar-refractivity contribution in [2.75, 3.05) is 13.1 Å². The van der Waals surface area contributed by atoms with Crippen LogP contribution in [0, 0.1) is 11.6 Å². The predicted octanol–water partition coefficient (Wildman–Crippen LogP) is 5.59. The van der Waals surface area contributed by atoms with E-state index in [2.05, 4.69) is 0 Å². The number of aromatic nitrogens is 2. The maximum absolute atomic E-state index is 15.3. The van der Waals surface area contributed by atoms with Crippen LogP contribution in [0.25, 0.3) is 16.7 Å². The van der Waals surface area contributed by atoms with E-state index in [-0.39, 0.29) is 40.0 Å². The molecule has 0 spiro atoms. The van der Waals surface area contributed by atoms with E-state index in [0.29, 0.717) is 25.2 Å². The van der Waals surface area contributed by atoms with Gasteiger partial charge in [-0.1, -0.05) is 42.8 Å². The number of carboxylic acids is 1. The molecule has 3 aromatic carbocycles. The molecule has 0 atom stereocenters. The highest BCUT2D eigenvalue weighted by atomic mass is 35.5. The van der Waals surface area contributed by atoms with Gasteiger partial charge in [-0.05, 0) is 54.7 Å². The second kappa shape index (κ2) is 10.6. The third-order valence-corrected chi connectivity index (χ3v) is 7.69. The summed E-state index contributed by atoms with van der Waals surface area (Å²) < 4.78 is 32.6. The lowest BCUT2D eigenvalue weighted by molar-refractivity contribution is -0.131. The molecule has 0 unspecified atom stereocenters. The summed E-state index contributed by atoms with van der Waals surface area (Å²) in [6, 6.07) is 14.0. The number of piperidine rings is 1. The van der Waals surface area contributed by atoms with Crippen LogP contribution in [0.3, 0.4) is 0 Å². The first kappa shape index (κ1) is 26.6. The lowest BCUT2D eigenvalue weighted by atomic mass is 9.89. The van der Waals surface area contributed by atoms with Crippen LogP contribution < -0.4 is 5.69 Å². The summed E-state index contributed by atoms with van der Waals surface area (Å²) >= 11 is 6.07. The molecule has 1 fully saturated rings. The van der Waals surface area contributed by atoms with Crippen LogP contribution in [0.4, 0.5) is 8.78 Å². The molecule has 1 amide bonds. The van der Waals surface area contributed by atoms with E-state index >= 15 is 4.39 Å². The summed E-state index contributed by atoms with van der Waals surface area (Å²) in [6.07, 6.45) is 2.14. The molecule has 7 nitrogen and oxygen atoms in total. The van der Waals surface area contributed by atoms with Crippen LogP contribution in [0.5, 0.6) is 0 Å². The Morgan fingerprint density at radius 3 is 2.33 bits per heavy atom. The molecule has 0 aliphatic carbocycles. The first-order valence-corrected chi connectivity index (χ1v) is 13.1. The predicted molar refractivity (Wildman–Crippen MR) is 144 cm³/mol. The Balaban J connectivity index is 1.53. The minimum absolute atomic E-state index is 0.0188. The van der Waals surface area contributed by atoms with Gasteiger partial charge in [0.05, 0.1) is 28.3 Å². The van der Waals surface area contributed by atoms with Crippen molar-refractivity contribution in [3.63, 3.8) is 0 Å². The van der Waals surface area contributed by atoms with Crippen LogP contribution >= 0.6 is 11.6 Å². The quantitative estimate of drug-likeness (QED) is 0.337. The Bertz CT molecular complexity index is 1640. The highest BCUT2D eigenvalue weighted by Crippen LogP contribution is 2.31. The molecule has 1 aliphatic rings. The molecule has 1 aromatic heterocycles. The number of halogens is 3. The highest BCUT2D eigenvalue weighted by molar-refractivity contribution is 6.31. The Labute approximate surface area is 227 Å². The molecular weight excluding hydrogens is 528 g/mol. The second-order valence-electron chi connectivity index (χ2n) is 9.62. The zero-order valence-corrected chi connectivity index (χ0v) is 21.9. The summed E-state index contributed by atoms with van der Waals surface area (Å²) in [7, 11) is 0. The van der Waals surface area contributed by atoms with E-state index in [1.54, 1.807) is 12.1 Å². The third kappa shape index (κ3) is 4.83. The van der Waals surface area contributed by atoms with E-state index in [4.69, 9.17) is 11.6 Å². The minimum Gasteiger partial charge on any atom is -0.478 e. The van der Waals surface area contributed by atoms with Gasteiger partial charge < -0.3 is 10.0 Å². The number of rotatable bonds is 6. The average Bonchev–Trinajstić information content (AvgIpc) is 3.22. The lowest BCUT2D eigenvalue weighted by Gasteiger charge is -2.32. The Hall–Kier alpha value is -3.98. The fourth-order valence-electron chi connectivity index (χ4n) is 5.29. The van der Waals surface area contributed by atoms with Crippen molar-refractivity contribution in [2.24, 2.45) is 0 Å². The van der Waals surface area contributed by atoms with Crippen LogP contribution in [-0.4, -0.2) is 44.1 Å². The number of carbonyl (C=O) groups excluding carboxylic acids is 1. The van der Waals surface area contributed by atoms with Gasteiger partial charge in [0.15, 0.2) is 5.82 Å². The monoisotopic (exact) mass is 553 g/mol. The van der Waals surface area contributed by atoms with Crippen molar-refractivity contribution in [3.8, 4) is 5.69 Å². The van der Waals surface area contributed by atoms with Gasteiger partial charge in [-0.3, -0.25) is 13.9 Å². The minimum atomic E-state index is -1.43. The molecule has 4 aromatic rings. The number of carbonyl (C=O) groups is 2. The summed E-state index contributed by atoms with van der Waals surface area (Å²) in [6.45, 7) is 2.93. The summed E-state index contributed by atoms with van der Waals surface area (Å²) in [5.74, 6) is -2.77. The van der Waals surface area contributed by atoms with Crippen molar-refractivity contribution >= 4 is 34.5 Å². The van der Waals surface area contributed by atoms with E-state index in [0.717, 1.165) is 24.5 Å². The zero-order valence-electron chi connectivity index (χ0n) is 21.2. The van der Waals surface area contributed by atoms with Gasteiger partial charge in [0.1, 0.15) is 11.3 Å². The van der Waals surface area contributed by atoms with E-state index in [1.165, 1.54) is 33.4 Å². The number of carboxylic acid groups (broad SMARTS) is 1. The second-order valence-corrected chi connectivity index (χ2v) is 10.0. The number of amides is 1. The van der Waals surface area contributed by atoms with Gasteiger partial charge >= 0.3 is 11.7 Å². The molecule has 1 aliphatic heterocycles. The SMILES string of the molecule is CCC(=O)N1CCC(c2ccc(-n3c(=O)n(Cc4cccc(C(=O)O)c4F)c4ccc(Cl)c(F)c43)cc2)CC1. The number of nitrogens with zero attached hydrogens (tertiary/aromatic N) is 3. The van der Waals surface area contributed by atoms with Gasteiger partial charge in [0.25, 0.3) is 0 Å². The number of hydrogen-bond donors (Lipinski definition) is 1. The van der Waals surface area contributed by atoms with Gasteiger partial charge in [-0.25, -0.2) is 18.4 Å². The summed E-state index contributed by atoms with van der Waals surface area (Å²) in [4.78, 5) is 38.9. The Morgan fingerprint density at radius 2 is 1.69 bits per heavy atom. The van der Waals surface area contributed by atoms with Gasteiger partial charge in [-0.15, -0.1) is 0 Å². The fraction of sp³-hybridized carbons (Fsp3) is 0.276. The van der Waals surface area contributed by atoms with E-state index in [9.17, 15) is 23.9 Å².